The minimum absolute atomic E-state index is 0.235. The number of nitrogens with zero attached hydrogens (tertiary/aromatic N) is 1. The lowest BCUT2D eigenvalue weighted by Gasteiger charge is -2.12. The number of para-hydroxylation sites is 1. The number of fused-ring (bicyclic) bond motifs is 1. The van der Waals surface area contributed by atoms with E-state index in [-0.39, 0.29) is 5.88 Å². The highest BCUT2D eigenvalue weighted by atomic mass is 35.5. The van der Waals surface area contributed by atoms with Crippen molar-refractivity contribution in [2.24, 2.45) is 0 Å². The highest BCUT2D eigenvalue weighted by Crippen LogP contribution is 2.23. The largest absolute Gasteiger partial charge is 0.489 e. The van der Waals surface area contributed by atoms with Gasteiger partial charge in [0, 0.05) is 22.5 Å². The van der Waals surface area contributed by atoms with Crippen molar-refractivity contribution in [2.45, 2.75) is 19.4 Å². The Kier molecular flexibility index (Phi) is 5.19. The molecule has 0 aliphatic heterocycles. The molecule has 128 valence electrons. The van der Waals surface area contributed by atoms with Gasteiger partial charge in [0.15, 0.2) is 0 Å². The number of pyridine rings is 1. The first-order valence-electron chi connectivity index (χ1n) is 7.87. The number of alkyl halides is 1. The average molecular weight is 356 g/mol. The van der Waals surface area contributed by atoms with E-state index in [4.69, 9.17) is 21.1 Å². The summed E-state index contributed by atoms with van der Waals surface area (Å²) in [6.07, 6.45) is 0. The maximum atomic E-state index is 11.9. The number of halogens is 1. The summed E-state index contributed by atoms with van der Waals surface area (Å²) in [5.74, 6) is 0.401. The highest BCUT2D eigenvalue weighted by Gasteiger charge is 2.13. The second-order valence-electron chi connectivity index (χ2n) is 5.67. The highest BCUT2D eigenvalue weighted by molar-refractivity contribution is 6.17. The van der Waals surface area contributed by atoms with E-state index >= 15 is 0 Å². The molecule has 0 atom stereocenters. The van der Waals surface area contributed by atoms with Gasteiger partial charge in [0.1, 0.15) is 12.4 Å². The number of aryl methyl sites for hydroxylation is 1. The number of carbonyl (C=O) groups is 1. The zero-order chi connectivity index (χ0) is 17.8. The van der Waals surface area contributed by atoms with Crippen LogP contribution < -0.4 is 4.74 Å². The third-order valence-electron chi connectivity index (χ3n) is 3.95. The fourth-order valence-corrected chi connectivity index (χ4v) is 2.97. The quantitative estimate of drug-likeness (QED) is 0.494. The molecule has 0 spiro atoms. The van der Waals surface area contributed by atoms with E-state index in [1.807, 2.05) is 37.3 Å². The lowest BCUT2D eigenvalue weighted by molar-refractivity contribution is 0.0599. The van der Waals surface area contributed by atoms with Crippen molar-refractivity contribution in [3.63, 3.8) is 0 Å². The Hall–Kier alpha value is -2.59. The van der Waals surface area contributed by atoms with Gasteiger partial charge < -0.3 is 9.47 Å². The van der Waals surface area contributed by atoms with Crippen LogP contribution in [0.3, 0.4) is 0 Å². The van der Waals surface area contributed by atoms with E-state index in [1.54, 1.807) is 18.2 Å². The third-order valence-corrected chi connectivity index (χ3v) is 4.24. The van der Waals surface area contributed by atoms with Crippen LogP contribution in [-0.4, -0.2) is 18.1 Å². The molecule has 0 radical (unpaired) electrons. The van der Waals surface area contributed by atoms with Gasteiger partial charge in [-0.05, 0) is 36.8 Å². The Bertz CT molecular complexity index is 924. The maximum Gasteiger partial charge on any atom is 0.338 e. The molecule has 0 aliphatic carbocycles. The topological polar surface area (TPSA) is 48.4 Å². The van der Waals surface area contributed by atoms with Gasteiger partial charge in [-0.2, -0.15) is 0 Å². The Balaban J connectivity index is 1.88. The molecule has 5 heteroatoms. The Morgan fingerprint density at radius 3 is 2.68 bits per heavy atom. The van der Waals surface area contributed by atoms with Crippen LogP contribution >= 0.6 is 11.6 Å². The van der Waals surface area contributed by atoms with Crippen molar-refractivity contribution in [1.29, 1.82) is 0 Å². The van der Waals surface area contributed by atoms with E-state index in [2.05, 4.69) is 4.98 Å². The zero-order valence-electron chi connectivity index (χ0n) is 14.1. The smallest absolute Gasteiger partial charge is 0.338 e. The molecule has 4 nitrogen and oxygen atoms in total. The van der Waals surface area contributed by atoms with Gasteiger partial charge >= 0.3 is 5.97 Å². The zero-order valence-corrected chi connectivity index (χ0v) is 14.8. The monoisotopic (exact) mass is 355 g/mol. The van der Waals surface area contributed by atoms with E-state index in [9.17, 15) is 4.79 Å². The van der Waals surface area contributed by atoms with Gasteiger partial charge in [-0.3, -0.25) is 4.98 Å². The summed E-state index contributed by atoms with van der Waals surface area (Å²) in [4.78, 5) is 16.4. The van der Waals surface area contributed by atoms with Gasteiger partial charge in [0.25, 0.3) is 0 Å². The summed E-state index contributed by atoms with van der Waals surface area (Å²) < 4.78 is 10.7. The van der Waals surface area contributed by atoms with Crippen molar-refractivity contribution in [3.8, 4) is 5.75 Å². The van der Waals surface area contributed by atoms with Gasteiger partial charge in [-0.25, -0.2) is 4.79 Å². The number of carbonyl (C=O) groups excluding carboxylic acids is 1. The molecule has 3 rings (SSSR count). The van der Waals surface area contributed by atoms with Crippen LogP contribution in [0.2, 0.25) is 0 Å². The summed E-state index contributed by atoms with van der Waals surface area (Å²) in [6.45, 7) is 2.34. The molecule has 0 fully saturated rings. The number of hydrogen-bond donors (Lipinski definition) is 0. The van der Waals surface area contributed by atoms with Crippen LogP contribution in [-0.2, 0) is 17.2 Å². The van der Waals surface area contributed by atoms with E-state index < -0.39 is 5.97 Å². The average Bonchev–Trinajstić information content (AvgIpc) is 2.65. The number of esters is 1. The molecule has 0 saturated heterocycles. The number of rotatable bonds is 5. The van der Waals surface area contributed by atoms with Crippen LogP contribution in [0.15, 0.2) is 48.5 Å². The van der Waals surface area contributed by atoms with Crippen LogP contribution in [0.4, 0.5) is 0 Å². The van der Waals surface area contributed by atoms with Crippen molar-refractivity contribution >= 4 is 28.5 Å². The molecule has 2 aromatic carbocycles. The second kappa shape index (κ2) is 7.53. The first-order valence-corrected chi connectivity index (χ1v) is 8.41. The minimum Gasteiger partial charge on any atom is -0.489 e. The molecule has 0 saturated carbocycles. The number of benzene rings is 2. The van der Waals surface area contributed by atoms with Crippen molar-refractivity contribution in [2.75, 3.05) is 7.11 Å². The molecule has 25 heavy (non-hydrogen) atoms. The fourth-order valence-electron chi connectivity index (χ4n) is 2.74. The number of ether oxygens (including phenoxy) is 2. The van der Waals surface area contributed by atoms with Gasteiger partial charge in [0.05, 0.1) is 18.2 Å². The summed E-state index contributed by atoms with van der Waals surface area (Å²) in [5, 5.41) is 1.05. The number of aromatic nitrogens is 1. The maximum absolute atomic E-state index is 11.9. The van der Waals surface area contributed by atoms with Gasteiger partial charge in [0.2, 0.25) is 0 Å². The lowest BCUT2D eigenvalue weighted by atomic mass is 10.1. The molecule has 1 aromatic heterocycles. The van der Waals surface area contributed by atoms with E-state index in [1.165, 1.54) is 7.11 Å². The van der Waals surface area contributed by atoms with Crippen LogP contribution in [0, 0.1) is 6.92 Å². The Morgan fingerprint density at radius 2 is 1.92 bits per heavy atom. The first kappa shape index (κ1) is 17.2. The van der Waals surface area contributed by atoms with Crippen molar-refractivity contribution in [3.05, 3.63) is 70.9 Å². The fraction of sp³-hybridized carbons (Fsp3) is 0.200. The van der Waals surface area contributed by atoms with Crippen LogP contribution in [0.5, 0.6) is 5.75 Å². The molecule has 1 heterocycles. The molecule has 3 aromatic rings. The second-order valence-corrected chi connectivity index (χ2v) is 5.94. The molecular weight excluding hydrogens is 338 g/mol. The standard InChI is InChI=1S/C20H18ClNO3/c1-13-9-15(17-5-3-4-6-19(17)22-13)12-25-16-8-7-14(11-21)18(10-16)20(23)24-2/h3-10H,11-12H2,1-2H3. The summed E-state index contributed by atoms with van der Waals surface area (Å²) in [6, 6.07) is 15.2. The Labute approximate surface area is 151 Å². The van der Waals surface area contributed by atoms with Gasteiger partial charge in [-0.1, -0.05) is 24.3 Å². The van der Waals surface area contributed by atoms with Crippen LogP contribution in [0.25, 0.3) is 10.9 Å². The summed E-state index contributed by atoms with van der Waals surface area (Å²) >= 11 is 5.89. The molecule has 0 amide bonds. The van der Waals surface area contributed by atoms with Crippen molar-refractivity contribution in [1.82, 2.24) is 4.98 Å². The first-order chi connectivity index (χ1) is 12.1. The molecule has 0 bridgehead atoms. The normalized spacial score (nSPS) is 10.7. The Morgan fingerprint density at radius 1 is 1.12 bits per heavy atom. The SMILES string of the molecule is COC(=O)c1cc(OCc2cc(C)nc3ccccc23)ccc1CCl. The summed E-state index contributed by atoms with van der Waals surface area (Å²) in [5.41, 5.74) is 4.06. The molecule has 0 unspecified atom stereocenters. The van der Waals surface area contributed by atoms with Gasteiger partial charge in [-0.15, -0.1) is 11.6 Å². The predicted molar refractivity (Wildman–Crippen MR) is 98.2 cm³/mol. The van der Waals surface area contributed by atoms with Crippen molar-refractivity contribution < 1.29 is 14.3 Å². The third kappa shape index (κ3) is 3.74. The predicted octanol–water partition coefficient (Wildman–Crippen LogP) is 4.65. The molecule has 0 aliphatic rings. The summed E-state index contributed by atoms with van der Waals surface area (Å²) in [7, 11) is 1.35. The van der Waals surface area contributed by atoms with Crippen LogP contribution in [0.1, 0.15) is 27.2 Å². The lowest BCUT2D eigenvalue weighted by Crippen LogP contribution is -2.06. The molecular formula is C20H18ClNO3. The minimum atomic E-state index is -0.425. The van der Waals surface area contributed by atoms with E-state index in [0.717, 1.165) is 22.2 Å². The molecule has 0 N–H and O–H groups in total. The van der Waals surface area contributed by atoms with E-state index in [0.29, 0.717) is 23.5 Å². The number of methoxy groups -OCH3 is 1. The number of hydrogen-bond acceptors (Lipinski definition) is 4.